The molecule has 2 rings (SSSR count). The van der Waals surface area contributed by atoms with Crippen LogP contribution in [0.5, 0.6) is 0 Å². The molecule has 0 radical (unpaired) electrons. The largest absolute Gasteiger partial charge is 0.481 e. The average Bonchev–Trinajstić information content (AvgIpc) is 2.54. The van der Waals surface area contributed by atoms with Gasteiger partial charge in [-0.05, 0) is 30.5 Å². The second-order valence-electron chi connectivity index (χ2n) is 4.71. The Morgan fingerprint density at radius 2 is 2.18 bits per heavy atom. The number of nitrogens with zero attached hydrogens (tertiary/aromatic N) is 1. The minimum absolute atomic E-state index is 0.0398. The molecule has 17 heavy (non-hydrogen) atoms. The molecule has 0 bridgehead atoms. The standard InChI is InChI=1S/C14H17NO2/c1-9-4-5-13-11(6-9)12(8-15(13)3)10(2)7-14(16)17/h4-6,8,10H,7H2,1-3H3,(H,16,17). The summed E-state index contributed by atoms with van der Waals surface area (Å²) in [5.41, 5.74) is 3.48. The van der Waals surface area contributed by atoms with Crippen molar-refractivity contribution < 1.29 is 9.90 Å². The molecule has 3 nitrogen and oxygen atoms in total. The molecular formula is C14H17NO2. The van der Waals surface area contributed by atoms with Crippen LogP contribution >= 0.6 is 0 Å². The fraction of sp³-hybridized carbons (Fsp3) is 0.357. The Morgan fingerprint density at radius 3 is 2.82 bits per heavy atom. The quantitative estimate of drug-likeness (QED) is 0.882. The first-order valence-corrected chi connectivity index (χ1v) is 5.76. The van der Waals surface area contributed by atoms with Gasteiger partial charge in [0.2, 0.25) is 0 Å². The van der Waals surface area contributed by atoms with Gasteiger partial charge < -0.3 is 9.67 Å². The van der Waals surface area contributed by atoms with Crippen LogP contribution in [0, 0.1) is 6.92 Å². The van der Waals surface area contributed by atoms with Crippen LogP contribution in [-0.4, -0.2) is 15.6 Å². The molecule has 0 saturated heterocycles. The number of hydrogen-bond donors (Lipinski definition) is 1. The fourth-order valence-electron chi connectivity index (χ4n) is 2.30. The molecule has 0 aliphatic rings. The Hall–Kier alpha value is -1.77. The highest BCUT2D eigenvalue weighted by molar-refractivity contribution is 5.85. The summed E-state index contributed by atoms with van der Waals surface area (Å²) in [4.78, 5) is 10.8. The van der Waals surface area contributed by atoms with Crippen LogP contribution in [-0.2, 0) is 11.8 Å². The monoisotopic (exact) mass is 231 g/mol. The molecule has 1 heterocycles. The minimum atomic E-state index is -0.748. The van der Waals surface area contributed by atoms with Crippen LogP contribution in [0.4, 0.5) is 0 Å². The Balaban J connectivity index is 2.53. The van der Waals surface area contributed by atoms with E-state index in [4.69, 9.17) is 5.11 Å². The van der Waals surface area contributed by atoms with Crippen LogP contribution in [0.25, 0.3) is 10.9 Å². The number of carbonyl (C=O) groups is 1. The first-order chi connectivity index (χ1) is 7.99. The lowest BCUT2D eigenvalue weighted by Gasteiger charge is -2.07. The van der Waals surface area contributed by atoms with Crippen molar-refractivity contribution in [3.05, 3.63) is 35.5 Å². The first-order valence-electron chi connectivity index (χ1n) is 5.76. The summed E-state index contributed by atoms with van der Waals surface area (Å²) in [6.45, 7) is 4.02. The van der Waals surface area contributed by atoms with Crippen molar-refractivity contribution in [1.82, 2.24) is 4.57 Å². The van der Waals surface area contributed by atoms with Crippen LogP contribution in [0.3, 0.4) is 0 Å². The molecule has 1 atom stereocenters. The second kappa shape index (κ2) is 4.24. The van der Waals surface area contributed by atoms with E-state index in [0.717, 1.165) is 11.1 Å². The summed E-state index contributed by atoms with van der Waals surface area (Å²) in [6.07, 6.45) is 2.21. The summed E-state index contributed by atoms with van der Waals surface area (Å²) >= 11 is 0. The highest BCUT2D eigenvalue weighted by Crippen LogP contribution is 2.29. The molecule has 0 aliphatic carbocycles. The van der Waals surface area contributed by atoms with Gasteiger partial charge in [0.25, 0.3) is 0 Å². The van der Waals surface area contributed by atoms with Gasteiger partial charge in [-0.1, -0.05) is 18.6 Å². The van der Waals surface area contributed by atoms with E-state index in [1.165, 1.54) is 10.9 Å². The third-order valence-corrected chi connectivity index (χ3v) is 3.19. The highest BCUT2D eigenvalue weighted by atomic mass is 16.4. The molecule has 1 N–H and O–H groups in total. The number of aromatic nitrogens is 1. The number of rotatable bonds is 3. The van der Waals surface area contributed by atoms with Crippen LogP contribution < -0.4 is 0 Å². The number of carboxylic acids is 1. The van der Waals surface area contributed by atoms with Crippen LogP contribution in [0.15, 0.2) is 24.4 Å². The summed E-state index contributed by atoms with van der Waals surface area (Å²) < 4.78 is 2.06. The SMILES string of the molecule is Cc1ccc2c(c1)c(C(C)CC(=O)O)cn2C. The van der Waals surface area contributed by atoms with Gasteiger partial charge in [-0.2, -0.15) is 0 Å². The lowest BCUT2D eigenvalue weighted by molar-refractivity contribution is -0.137. The number of fused-ring (bicyclic) bond motifs is 1. The van der Waals surface area contributed by atoms with E-state index >= 15 is 0 Å². The zero-order chi connectivity index (χ0) is 12.6. The van der Waals surface area contributed by atoms with E-state index in [-0.39, 0.29) is 12.3 Å². The predicted molar refractivity (Wildman–Crippen MR) is 68.3 cm³/mol. The van der Waals surface area contributed by atoms with Crippen molar-refractivity contribution in [2.75, 3.05) is 0 Å². The molecule has 90 valence electrons. The van der Waals surface area contributed by atoms with E-state index in [1.54, 1.807) is 0 Å². The number of aryl methyl sites for hydroxylation is 2. The highest BCUT2D eigenvalue weighted by Gasteiger charge is 2.15. The maximum Gasteiger partial charge on any atom is 0.303 e. The van der Waals surface area contributed by atoms with Gasteiger partial charge in [0.05, 0.1) is 6.42 Å². The van der Waals surface area contributed by atoms with E-state index < -0.39 is 5.97 Å². The lowest BCUT2D eigenvalue weighted by Crippen LogP contribution is -2.02. The minimum Gasteiger partial charge on any atom is -0.481 e. The Bertz CT molecular complexity index is 569. The van der Waals surface area contributed by atoms with E-state index in [0.29, 0.717) is 0 Å². The number of hydrogen-bond acceptors (Lipinski definition) is 1. The van der Waals surface area contributed by atoms with Gasteiger partial charge in [0.15, 0.2) is 0 Å². The van der Waals surface area contributed by atoms with Crippen molar-refractivity contribution in [1.29, 1.82) is 0 Å². The van der Waals surface area contributed by atoms with Crippen molar-refractivity contribution in [2.45, 2.75) is 26.2 Å². The predicted octanol–water partition coefficient (Wildman–Crippen LogP) is 3.06. The lowest BCUT2D eigenvalue weighted by atomic mass is 9.97. The topological polar surface area (TPSA) is 42.2 Å². The van der Waals surface area contributed by atoms with Gasteiger partial charge in [-0.3, -0.25) is 4.79 Å². The summed E-state index contributed by atoms with van der Waals surface area (Å²) in [7, 11) is 1.99. The van der Waals surface area contributed by atoms with Gasteiger partial charge in [-0.15, -0.1) is 0 Å². The number of benzene rings is 1. The van der Waals surface area contributed by atoms with Crippen LogP contribution in [0.2, 0.25) is 0 Å². The zero-order valence-corrected chi connectivity index (χ0v) is 10.4. The van der Waals surface area contributed by atoms with Crippen molar-refractivity contribution in [3.8, 4) is 0 Å². The molecule has 1 aromatic heterocycles. The Kier molecular flexibility index (Phi) is 2.92. The van der Waals surface area contributed by atoms with Crippen molar-refractivity contribution in [3.63, 3.8) is 0 Å². The smallest absolute Gasteiger partial charge is 0.303 e. The Labute approximate surface area is 101 Å². The Morgan fingerprint density at radius 1 is 1.47 bits per heavy atom. The van der Waals surface area contributed by atoms with E-state index in [2.05, 4.69) is 29.7 Å². The third kappa shape index (κ3) is 2.18. The van der Waals surface area contributed by atoms with Crippen molar-refractivity contribution in [2.24, 2.45) is 7.05 Å². The normalized spacial score (nSPS) is 12.9. The van der Waals surface area contributed by atoms with Gasteiger partial charge in [0, 0.05) is 24.1 Å². The number of carboxylic acid groups (broad SMARTS) is 1. The zero-order valence-electron chi connectivity index (χ0n) is 10.4. The number of aliphatic carboxylic acids is 1. The molecule has 1 unspecified atom stereocenters. The summed E-state index contributed by atoms with van der Waals surface area (Å²) in [5, 5.41) is 10.0. The molecular weight excluding hydrogens is 214 g/mol. The molecule has 0 saturated carbocycles. The van der Waals surface area contributed by atoms with Gasteiger partial charge in [0.1, 0.15) is 0 Å². The van der Waals surface area contributed by atoms with E-state index in [1.807, 2.05) is 20.2 Å². The summed E-state index contributed by atoms with van der Waals surface area (Å²) in [6, 6.07) is 6.29. The van der Waals surface area contributed by atoms with E-state index in [9.17, 15) is 4.79 Å². The maximum absolute atomic E-state index is 10.8. The maximum atomic E-state index is 10.8. The van der Waals surface area contributed by atoms with Crippen molar-refractivity contribution >= 4 is 16.9 Å². The molecule has 2 aromatic rings. The average molecular weight is 231 g/mol. The molecule has 3 heteroatoms. The molecule has 0 aliphatic heterocycles. The first kappa shape index (κ1) is 11.7. The summed E-state index contributed by atoms with van der Waals surface area (Å²) in [5.74, 6) is -0.708. The molecule has 0 fully saturated rings. The third-order valence-electron chi connectivity index (χ3n) is 3.19. The molecule has 1 aromatic carbocycles. The molecule has 0 spiro atoms. The van der Waals surface area contributed by atoms with Gasteiger partial charge >= 0.3 is 5.97 Å². The second-order valence-corrected chi connectivity index (χ2v) is 4.71. The fourth-order valence-corrected chi connectivity index (χ4v) is 2.30. The molecule has 0 amide bonds. The van der Waals surface area contributed by atoms with Crippen LogP contribution in [0.1, 0.15) is 30.4 Å². The van der Waals surface area contributed by atoms with Gasteiger partial charge in [-0.25, -0.2) is 0 Å².